The number of aryl methyl sites for hydroxylation is 1. The van der Waals surface area contributed by atoms with Crippen molar-refractivity contribution in [1.82, 2.24) is 0 Å². The number of rotatable bonds is 9. The number of anilines is 4. The van der Waals surface area contributed by atoms with Gasteiger partial charge in [-0.2, -0.15) is 10.2 Å². The van der Waals surface area contributed by atoms with Gasteiger partial charge in [0.2, 0.25) is 11.6 Å². The number of nitrogens with zero attached hydrogens (tertiary/aromatic N) is 2. The molecule has 0 radical (unpaired) electrons. The first kappa shape index (κ1) is 49.0. The van der Waals surface area contributed by atoms with Gasteiger partial charge in [-0.15, -0.1) is 0 Å². The number of nitrogens with one attached hydrogen (secondary N) is 4. The van der Waals surface area contributed by atoms with Crippen LogP contribution in [0, 0.1) is 6.92 Å². The molecule has 0 bridgehead atoms. The number of para-hydroxylation sites is 1. The molecular weight excluding hydrogens is 850 g/mol. The van der Waals surface area contributed by atoms with Crippen LogP contribution >= 0.6 is 0 Å². The zero-order chi connectivity index (χ0) is 39.9. The van der Waals surface area contributed by atoms with Crippen molar-refractivity contribution >= 4 is 94.3 Å². The molecule has 0 fully saturated rings. The fourth-order valence-electron chi connectivity index (χ4n) is 5.38. The number of urea groups is 1. The molecule has 58 heavy (non-hydrogen) atoms. The number of hydrogen-bond acceptors (Lipinski definition) is 16. The molecule has 282 valence electrons. The molecule has 0 spiro atoms. The van der Waals surface area contributed by atoms with Crippen molar-refractivity contribution in [1.29, 1.82) is 0 Å². The third-order valence-electron chi connectivity index (χ3n) is 7.96. The van der Waals surface area contributed by atoms with Gasteiger partial charge in [0.1, 0.15) is 41.8 Å². The zero-order valence-electron chi connectivity index (χ0n) is 30.8. The quantitative estimate of drug-likeness (QED) is 0.0694. The van der Waals surface area contributed by atoms with Gasteiger partial charge in [-0.1, -0.05) is 18.2 Å². The summed E-state index contributed by atoms with van der Waals surface area (Å²) in [6, 6.07) is 18.2. The van der Waals surface area contributed by atoms with Gasteiger partial charge >= 0.3 is 94.7 Å². The monoisotopic (exact) mass is 872 g/mol. The second-order valence-electron chi connectivity index (χ2n) is 11.7. The molecule has 4 aromatic carbocycles. The van der Waals surface area contributed by atoms with E-state index in [1.807, 2.05) is 0 Å². The number of benzene rings is 4. The van der Waals surface area contributed by atoms with Crippen LogP contribution in [0.4, 0.5) is 27.5 Å². The van der Waals surface area contributed by atoms with Crippen molar-refractivity contribution in [2.45, 2.75) is 11.8 Å². The van der Waals surface area contributed by atoms with E-state index >= 15 is 0 Å². The van der Waals surface area contributed by atoms with E-state index in [-0.39, 0.29) is 134 Å². The molecule has 2 aliphatic carbocycles. The molecule has 0 aliphatic heterocycles. The van der Waals surface area contributed by atoms with Crippen LogP contribution in [-0.2, 0) is 30.4 Å². The average molecular weight is 873 g/mol. The van der Waals surface area contributed by atoms with Crippen LogP contribution in [0.3, 0.4) is 0 Å². The Morgan fingerprint density at radius 1 is 0.569 bits per heavy atom. The van der Waals surface area contributed by atoms with Crippen LogP contribution in [0.25, 0.3) is 12.2 Å². The summed E-state index contributed by atoms with van der Waals surface area (Å²) in [5.74, 6) is -1.85. The van der Waals surface area contributed by atoms with Crippen molar-refractivity contribution in [2.75, 3.05) is 21.5 Å². The molecule has 6 rings (SSSR count). The Bertz CT molecular complexity index is 2820. The number of carbonyl (C=O) groups is 3. The van der Waals surface area contributed by atoms with Crippen LogP contribution in [0.2, 0.25) is 0 Å². The summed E-state index contributed by atoms with van der Waals surface area (Å²) in [7, 11) is -15.3. The van der Waals surface area contributed by atoms with E-state index in [1.54, 1.807) is 30.3 Å². The Labute approximate surface area is 397 Å². The first-order valence-electron chi connectivity index (χ1n) is 15.4. The van der Waals surface area contributed by atoms with Gasteiger partial charge in [0.25, 0.3) is 0 Å². The first-order chi connectivity index (χ1) is 25.8. The Morgan fingerprint density at radius 3 is 1.47 bits per heavy atom. The number of amides is 2. The van der Waals surface area contributed by atoms with Crippen LogP contribution in [0.1, 0.15) is 37.4 Å². The molecule has 18 nitrogen and oxygen atoms in total. The smallest absolute Gasteiger partial charge is 0.744 e. The summed E-state index contributed by atoms with van der Waals surface area (Å²) < 4.78 is 107. The zero-order valence-corrected chi connectivity index (χ0v) is 39.2. The molecule has 4 N–H and O–H groups in total. The Kier molecular flexibility index (Phi) is 16.4. The fourth-order valence-corrected chi connectivity index (χ4v) is 7.23. The van der Waals surface area contributed by atoms with Crippen molar-refractivity contribution in [3.8, 4) is 0 Å². The van der Waals surface area contributed by atoms with Gasteiger partial charge in [-0.25, -0.2) is 30.0 Å². The molecule has 24 heteroatoms. The predicted molar refractivity (Wildman–Crippen MR) is 197 cm³/mol. The third kappa shape index (κ3) is 11.3. The minimum Gasteiger partial charge on any atom is -0.744 e. The van der Waals surface area contributed by atoms with Crippen LogP contribution in [0.15, 0.2) is 110 Å². The number of carbonyl (C=O) groups excluding carboxylic acids is 3. The summed E-state index contributed by atoms with van der Waals surface area (Å²) in [6.45, 7) is 1.42. The van der Waals surface area contributed by atoms with Crippen molar-refractivity contribution in [3.63, 3.8) is 0 Å². The SMILES string of the molecule is Cc1cc(S(=O)(=O)[O-])ccc1NN=C1C(=O)c2ccc(NC(=O)Nc3ccc4c(c3)C=C(S(=O)(=O)[O-])C(=NNc3ccccc3)C4=O)cc2C=C1S(=O)(=O)[O-].[Na+].[Na+].[Na+]. The Morgan fingerprint density at radius 2 is 1.03 bits per heavy atom. The molecule has 0 unspecified atom stereocenters. The summed E-state index contributed by atoms with van der Waals surface area (Å²) in [5, 5.41) is 12.6. The second-order valence-corrected chi connectivity index (χ2v) is 15.8. The maximum atomic E-state index is 13.4. The Balaban J connectivity index is 0.00000300. The van der Waals surface area contributed by atoms with E-state index in [0.29, 0.717) is 5.69 Å². The molecule has 0 heterocycles. The number of hydrazone groups is 2. The number of hydrogen-bond donors (Lipinski definition) is 4. The molecule has 0 aromatic heterocycles. The van der Waals surface area contributed by atoms with Crippen molar-refractivity contribution in [2.24, 2.45) is 10.2 Å². The van der Waals surface area contributed by atoms with Crippen LogP contribution in [-0.4, -0.2) is 67.9 Å². The van der Waals surface area contributed by atoms with Gasteiger partial charge in [0, 0.05) is 22.5 Å². The van der Waals surface area contributed by atoms with Crippen LogP contribution < -0.4 is 110 Å². The molecule has 0 saturated heterocycles. The number of allylic oxidation sites excluding steroid dienone is 2. The average Bonchev–Trinajstić information content (AvgIpc) is 3.10. The Hall–Kier alpha value is -3.36. The number of fused-ring (bicyclic) bond motifs is 2. The van der Waals surface area contributed by atoms with Gasteiger partial charge in [0.05, 0.1) is 26.1 Å². The first-order valence-corrected chi connectivity index (χ1v) is 19.6. The van der Waals surface area contributed by atoms with E-state index in [2.05, 4.69) is 31.7 Å². The topological polar surface area (TPSA) is 296 Å². The number of Topliss-reactive ketones (excluding diaryl/α,β-unsaturated/α-hetero) is 2. The third-order valence-corrected chi connectivity index (χ3v) is 10.5. The van der Waals surface area contributed by atoms with Gasteiger partial charge in [0.15, 0.2) is 0 Å². The molecule has 2 aliphatic rings. The predicted octanol–water partition coefficient (Wildman–Crippen LogP) is -5.34. The van der Waals surface area contributed by atoms with Crippen molar-refractivity contribution in [3.05, 3.63) is 123 Å². The van der Waals surface area contributed by atoms with Crippen molar-refractivity contribution < 1.29 is 142 Å². The number of ketones is 2. The molecular formula is C34H23N6Na3O12S3. The largest absolute Gasteiger partial charge is 1.00 e. The van der Waals surface area contributed by atoms with Gasteiger partial charge in [-0.3, -0.25) is 20.4 Å². The normalized spacial score (nSPS) is 15.0. The molecule has 0 saturated carbocycles. The summed E-state index contributed by atoms with van der Waals surface area (Å²) in [5.41, 5.74) is 4.18. The second kappa shape index (κ2) is 19.4. The van der Waals surface area contributed by atoms with E-state index in [4.69, 9.17) is 0 Å². The van der Waals surface area contributed by atoms with E-state index in [0.717, 1.165) is 30.4 Å². The van der Waals surface area contributed by atoms with Gasteiger partial charge < -0.3 is 24.3 Å². The molecule has 0 atom stereocenters. The maximum Gasteiger partial charge on any atom is 1.00 e. The van der Waals surface area contributed by atoms with E-state index in [1.165, 1.54) is 43.3 Å². The van der Waals surface area contributed by atoms with Gasteiger partial charge in [-0.05, 0) is 102 Å². The summed E-state index contributed by atoms with van der Waals surface area (Å²) in [4.78, 5) is 37.1. The molecule has 2 amide bonds. The maximum absolute atomic E-state index is 13.4. The summed E-state index contributed by atoms with van der Waals surface area (Å²) in [6.07, 6.45) is 1.83. The van der Waals surface area contributed by atoms with Crippen LogP contribution in [0.5, 0.6) is 0 Å². The summed E-state index contributed by atoms with van der Waals surface area (Å²) >= 11 is 0. The minimum absolute atomic E-state index is 0. The van der Waals surface area contributed by atoms with E-state index in [9.17, 15) is 53.3 Å². The fraction of sp³-hybridized carbons (Fsp3) is 0.0294. The minimum atomic E-state index is -5.31. The molecule has 4 aromatic rings. The van der Waals surface area contributed by atoms with E-state index < -0.39 is 74.1 Å². The standard InChI is InChI=1S/C34H26N6O12S3.3Na/c1-18-13-24(53(44,45)46)9-12-27(18)38-40-31-29(55(50,51)52)17-20-15-23(8-11-26(20)33(31)42)36-34(43)35-22-7-10-25-19(14-22)16-28(54(47,48)49)30(32(25)41)39-37-21-5-3-2-4-6-21;;;/h2-17,37-38H,1H3,(H2,35,36,43)(H,44,45,46)(H,47,48,49)(H,50,51,52);;;/q;3*+1/p-3.